The highest BCUT2D eigenvalue weighted by Gasteiger charge is 2.15. The predicted octanol–water partition coefficient (Wildman–Crippen LogP) is 1.46. The Morgan fingerprint density at radius 3 is 2.12 bits per heavy atom. The first kappa shape index (κ1) is 22.2. The van der Waals surface area contributed by atoms with E-state index in [2.05, 4.69) is 16.6 Å². The molecule has 0 aliphatic rings. The minimum atomic E-state index is -0.504. The second-order valence-corrected chi connectivity index (χ2v) is 6.06. The summed E-state index contributed by atoms with van der Waals surface area (Å²) in [6.07, 6.45) is 6.41. The van der Waals surface area contributed by atoms with Gasteiger partial charge in [-0.2, -0.15) is 0 Å². The van der Waals surface area contributed by atoms with E-state index in [1.807, 2.05) is 0 Å². The normalized spacial score (nSPS) is 10.8. The van der Waals surface area contributed by atoms with Crippen molar-refractivity contribution in [1.82, 2.24) is 10.6 Å². The second kappa shape index (κ2) is 13.6. The summed E-state index contributed by atoms with van der Waals surface area (Å²) < 4.78 is 15.7. The number of amides is 2. The zero-order valence-corrected chi connectivity index (χ0v) is 15.0. The van der Waals surface area contributed by atoms with E-state index in [0.29, 0.717) is 58.8 Å². The van der Waals surface area contributed by atoms with Gasteiger partial charge in [0.25, 0.3) is 0 Å². The van der Waals surface area contributed by atoms with Gasteiger partial charge in [-0.1, -0.05) is 0 Å². The topological polar surface area (TPSA) is 85.9 Å². The number of nitrogens with one attached hydrogen (secondary N) is 2. The summed E-state index contributed by atoms with van der Waals surface area (Å²) >= 11 is 0. The van der Waals surface area contributed by atoms with E-state index in [1.165, 1.54) is 0 Å². The van der Waals surface area contributed by atoms with E-state index in [4.69, 9.17) is 20.6 Å². The summed E-state index contributed by atoms with van der Waals surface area (Å²) in [5, 5.41) is 5.35. The maximum absolute atomic E-state index is 11.4. The van der Waals surface area contributed by atoms with Crippen LogP contribution in [0.5, 0.6) is 0 Å². The van der Waals surface area contributed by atoms with Crippen LogP contribution in [0.1, 0.15) is 40.0 Å². The molecule has 0 heterocycles. The third-order valence-electron chi connectivity index (χ3n) is 2.58. The van der Waals surface area contributed by atoms with Gasteiger partial charge < -0.3 is 24.8 Å². The van der Waals surface area contributed by atoms with Crippen molar-refractivity contribution in [3.8, 4) is 12.3 Å². The van der Waals surface area contributed by atoms with Crippen LogP contribution in [-0.4, -0.2) is 57.1 Å². The van der Waals surface area contributed by atoms with Crippen molar-refractivity contribution in [2.75, 3.05) is 39.5 Å². The van der Waals surface area contributed by atoms with Gasteiger partial charge >= 0.3 is 6.09 Å². The van der Waals surface area contributed by atoms with Crippen molar-refractivity contribution in [1.29, 1.82) is 0 Å². The van der Waals surface area contributed by atoms with Gasteiger partial charge in [0.1, 0.15) is 5.60 Å². The predicted molar refractivity (Wildman–Crippen MR) is 91.6 cm³/mol. The van der Waals surface area contributed by atoms with E-state index >= 15 is 0 Å². The molecule has 2 amide bonds. The van der Waals surface area contributed by atoms with Crippen LogP contribution in [0.2, 0.25) is 0 Å². The summed E-state index contributed by atoms with van der Waals surface area (Å²) in [5.41, 5.74) is -0.504. The molecule has 0 aromatic heterocycles. The summed E-state index contributed by atoms with van der Waals surface area (Å²) in [5.74, 6) is 2.48. The van der Waals surface area contributed by atoms with Gasteiger partial charge in [-0.05, 0) is 27.2 Å². The molecule has 2 N–H and O–H groups in total. The average molecular weight is 342 g/mol. The lowest BCUT2D eigenvalue weighted by Gasteiger charge is -2.19. The van der Waals surface area contributed by atoms with Gasteiger partial charge in [-0.3, -0.25) is 4.79 Å². The molecule has 0 spiro atoms. The van der Waals surface area contributed by atoms with Crippen LogP contribution < -0.4 is 10.6 Å². The summed E-state index contributed by atoms with van der Waals surface area (Å²) in [6.45, 7) is 7.93. The SMILES string of the molecule is C#CCCCC(=O)NCCOCCOCCNC(=O)OC(C)(C)C. The van der Waals surface area contributed by atoms with Crippen LogP contribution in [0.15, 0.2) is 0 Å². The van der Waals surface area contributed by atoms with Gasteiger partial charge in [0.2, 0.25) is 5.91 Å². The molecule has 0 aliphatic carbocycles. The third-order valence-corrected chi connectivity index (χ3v) is 2.58. The Balaban J connectivity index is 3.30. The lowest BCUT2D eigenvalue weighted by molar-refractivity contribution is -0.121. The first-order valence-electron chi connectivity index (χ1n) is 8.17. The van der Waals surface area contributed by atoms with E-state index < -0.39 is 11.7 Å². The number of alkyl carbamates (subject to hydrolysis) is 1. The maximum Gasteiger partial charge on any atom is 0.407 e. The largest absolute Gasteiger partial charge is 0.444 e. The highest BCUT2D eigenvalue weighted by atomic mass is 16.6. The fraction of sp³-hybridized carbons (Fsp3) is 0.765. The van der Waals surface area contributed by atoms with Crippen LogP contribution in [-0.2, 0) is 19.0 Å². The molecule has 0 saturated carbocycles. The molecule has 7 nitrogen and oxygen atoms in total. The Kier molecular flexibility index (Phi) is 12.6. The van der Waals surface area contributed by atoms with E-state index in [-0.39, 0.29) is 5.91 Å². The molecule has 0 fully saturated rings. The standard InChI is InChI=1S/C17H30N2O5/c1-5-6-7-8-15(20)18-9-11-22-13-14-23-12-10-19-16(21)24-17(2,3)4/h1H,6-14H2,2-4H3,(H,18,20)(H,19,21). The van der Waals surface area contributed by atoms with Crippen molar-refractivity contribution in [3.05, 3.63) is 0 Å². The molecular weight excluding hydrogens is 312 g/mol. The van der Waals surface area contributed by atoms with Crippen molar-refractivity contribution in [2.45, 2.75) is 45.6 Å². The fourth-order valence-electron chi connectivity index (χ4n) is 1.56. The number of carbonyl (C=O) groups is 2. The molecule has 0 aromatic carbocycles. The minimum Gasteiger partial charge on any atom is -0.444 e. The highest BCUT2D eigenvalue weighted by Crippen LogP contribution is 2.05. The maximum atomic E-state index is 11.4. The van der Waals surface area contributed by atoms with Crippen molar-refractivity contribution >= 4 is 12.0 Å². The molecule has 138 valence electrons. The molecule has 0 bridgehead atoms. The average Bonchev–Trinajstić information content (AvgIpc) is 2.47. The van der Waals surface area contributed by atoms with Gasteiger partial charge in [0.15, 0.2) is 0 Å². The van der Waals surface area contributed by atoms with Crippen LogP contribution in [0.25, 0.3) is 0 Å². The zero-order chi connectivity index (χ0) is 18.3. The summed E-state index contributed by atoms with van der Waals surface area (Å²) in [4.78, 5) is 22.7. The molecule has 0 aromatic rings. The second-order valence-electron chi connectivity index (χ2n) is 6.06. The number of hydrogen-bond donors (Lipinski definition) is 2. The Bertz CT molecular complexity index is 399. The van der Waals surface area contributed by atoms with E-state index in [9.17, 15) is 9.59 Å². The lowest BCUT2D eigenvalue weighted by Crippen LogP contribution is -2.34. The molecular formula is C17H30N2O5. The number of terminal acetylenes is 1. The number of ether oxygens (including phenoxy) is 3. The van der Waals surface area contributed by atoms with Crippen molar-refractivity contribution in [3.63, 3.8) is 0 Å². The van der Waals surface area contributed by atoms with Gasteiger partial charge in [0, 0.05) is 25.9 Å². The van der Waals surface area contributed by atoms with Crippen molar-refractivity contribution < 1.29 is 23.8 Å². The Morgan fingerprint density at radius 2 is 1.58 bits per heavy atom. The smallest absolute Gasteiger partial charge is 0.407 e. The zero-order valence-electron chi connectivity index (χ0n) is 15.0. The number of unbranched alkanes of at least 4 members (excludes halogenated alkanes) is 1. The third kappa shape index (κ3) is 16.6. The molecule has 0 atom stereocenters. The Hall–Kier alpha value is -1.78. The van der Waals surface area contributed by atoms with Crippen LogP contribution >= 0.6 is 0 Å². The molecule has 0 saturated heterocycles. The lowest BCUT2D eigenvalue weighted by atomic mass is 10.2. The number of hydrogen-bond acceptors (Lipinski definition) is 5. The number of rotatable bonds is 12. The summed E-state index contributed by atoms with van der Waals surface area (Å²) in [7, 11) is 0. The molecule has 0 radical (unpaired) electrons. The Labute approximate surface area is 144 Å². The van der Waals surface area contributed by atoms with E-state index in [1.54, 1.807) is 20.8 Å². The fourth-order valence-corrected chi connectivity index (χ4v) is 1.56. The highest BCUT2D eigenvalue weighted by molar-refractivity contribution is 5.75. The van der Waals surface area contributed by atoms with Crippen LogP contribution in [0.4, 0.5) is 4.79 Å². The Morgan fingerprint density at radius 1 is 1.00 bits per heavy atom. The molecule has 0 rings (SSSR count). The number of carbonyl (C=O) groups excluding carboxylic acids is 2. The molecule has 0 aliphatic heterocycles. The quantitative estimate of drug-likeness (QED) is 0.414. The minimum absolute atomic E-state index is 0.0154. The monoisotopic (exact) mass is 342 g/mol. The molecule has 24 heavy (non-hydrogen) atoms. The van der Waals surface area contributed by atoms with Gasteiger partial charge in [0.05, 0.1) is 26.4 Å². The van der Waals surface area contributed by atoms with Crippen LogP contribution in [0.3, 0.4) is 0 Å². The van der Waals surface area contributed by atoms with Gasteiger partial charge in [-0.25, -0.2) is 4.79 Å². The molecule has 0 unspecified atom stereocenters. The van der Waals surface area contributed by atoms with Crippen LogP contribution in [0, 0.1) is 12.3 Å². The van der Waals surface area contributed by atoms with E-state index in [0.717, 1.165) is 0 Å². The van der Waals surface area contributed by atoms with Crippen molar-refractivity contribution in [2.24, 2.45) is 0 Å². The summed E-state index contributed by atoms with van der Waals surface area (Å²) in [6, 6.07) is 0. The van der Waals surface area contributed by atoms with Gasteiger partial charge in [-0.15, -0.1) is 12.3 Å². The first-order valence-corrected chi connectivity index (χ1v) is 8.17. The first-order chi connectivity index (χ1) is 11.3. The molecule has 7 heteroatoms.